The van der Waals surface area contributed by atoms with Crippen LogP contribution in [-0.4, -0.2) is 23.1 Å². The maximum atomic E-state index is 8.77. The molecule has 2 N–H and O–H groups in total. The molecule has 7 heteroatoms. The predicted molar refractivity (Wildman–Crippen MR) is 128 cm³/mol. The summed E-state index contributed by atoms with van der Waals surface area (Å²) in [5, 5.41) is 17.6. The van der Waals surface area contributed by atoms with Crippen LogP contribution in [0.4, 0.5) is 11.5 Å². The Morgan fingerprint density at radius 2 is 1.65 bits per heavy atom. The molecule has 0 amide bonds. The normalized spacial score (nSPS) is 10.6. The van der Waals surface area contributed by atoms with Crippen molar-refractivity contribution in [2.45, 2.75) is 6.42 Å². The molecule has 4 aromatic rings. The number of nitrogens with one attached hydrogen (secondary N) is 2. The molecule has 3 aromatic carbocycles. The Bertz CT molecular complexity index is 1250. The Hall–Kier alpha value is -3.33. The molecule has 0 fully saturated rings. The van der Waals surface area contributed by atoms with Crippen molar-refractivity contribution in [3.63, 3.8) is 0 Å². The van der Waals surface area contributed by atoms with Gasteiger partial charge in [-0.15, -0.1) is 0 Å². The highest BCUT2D eigenvalue weighted by atomic mass is 35.5. The molecule has 31 heavy (non-hydrogen) atoms. The lowest BCUT2D eigenvalue weighted by Crippen LogP contribution is -2.15. The average molecular weight is 448 g/mol. The van der Waals surface area contributed by atoms with Crippen molar-refractivity contribution in [3.05, 3.63) is 82.3 Å². The van der Waals surface area contributed by atoms with Gasteiger partial charge in [-0.2, -0.15) is 5.26 Å². The van der Waals surface area contributed by atoms with E-state index in [9.17, 15) is 0 Å². The number of nitriles is 1. The number of rotatable bonds is 7. The van der Waals surface area contributed by atoms with Gasteiger partial charge in [-0.3, -0.25) is 0 Å². The molecule has 0 bridgehead atoms. The number of aromatic nitrogens is 2. The molecular formula is C24H19Cl2N5. The number of benzene rings is 3. The van der Waals surface area contributed by atoms with Gasteiger partial charge in [0.05, 0.1) is 23.0 Å². The summed E-state index contributed by atoms with van der Waals surface area (Å²) in [5.74, 6) is 1.29. The molecule has 0 aliphatic heterocycles. The second-order valence-corrected chi connectivity index (χ2v) is 7.77. The first-order valence-electron chi connectivity index (χ1n) is 9.80. The van der Waals surface area contributed by atoms with Crippen LogP contribution in [0, 0.1) is 11.3 Å². The van der Waals surface area contributed by atoms with Gasteiger partial charge in [0, 0.05) is 34.7 Å². The standard InChI is InChI=1S/C24H19Cl2N5/c25-17-7-10-19(21(26)15-17)24-30-22-4-2-1-3-20(22)23(31-24)29-14-13-28-18-8-5-16(6-9-18)11-12-27/h1-10,15,28H,11,13-14H2,(H,29,30,31). The maximum absolute atomic E-state index is 8.77. The Morgan fingerprint density at radius 3 is 2.42 bits per heavy atom. The fourth-order valence-electron chi connectivity index (χ4n) is 3.22. The summed E-state index contributed by atoms with van der Waals surface area (Å²) in [7, 11) is 0. The van der Waals surface area contributed by atoms with Gasteiger partial charge in [0.1, 0.15) is 5.82 Å². The Kier molecular flexibility index (Phi) is 6.51. The smallest absolute Gasteiger partial charge is 0.163 e. The molecule has 0 saturated heterocycles. The van der Waals surface area contributed by atoms with E-state index in [1.807, 2.05) is 54.6 Å². The average Bonchev–Trinajstić information content (AvgIpc) is 2.78. The summed E-state index contributed by atoms with van der Waals surface area (Å²) in [6, 6.07) is 23.2. The Morgan fingerprint density at radius 1 is 0.871 bits per heavy atom. The molecule has 0 aliphatic carbocycles. The second-order valence-electron chi connectivity index (χ2n) is 6.92. The molecule has 0 aliphatic rings. The van der Waals surface area contributed by atoms with E-state index in [4.69, 9.17) is 33.4 Å². The van der Waals surface area contributed by atoms with Crippen molar-refractivity contribution in [2.24, 2.45) is 0 Å². The van der Waals surface area contributed by atoms with Crippen molar-refractivity contribution in [1.29, 1.82) is 5.26 Å². The monoisotopic (exact) mass is 447 g/mol. The fourth-order valence-corrected chi connectivity index (χ4v) is 3.72. The maximum Gasteiger partial charge on any atom is 0.163 e. The topological polar surface area (TPSA) is 73.6 Å². The molecular weight excluding hydrogens is 429 g/mol. The van der Waals surface area contributed by atoms with Crippen molar-refractivity contribution in [2.75, 3.05) is 23.7 Å². The summed E-state index contributed by atoms with van der Waals surface area (Å²) in [6.45, 7) is 1.36. The van der Waals surface area contributed by atoms with E-state index in [0.29, 0.717) is 35.4 Å². The van der Waals surface area contributed by atoms with E-state index in [0.717, 1.165) is 33.5 Å². The van der Waals surface area contributed by atoms with Crippen LogP contribution in [0.5, 0.6) is 0 Å². The molecule has 1 heterocycles. The fraction of sp³-hybridized carbons (Fsp3) is 0.125. The summed E-state index contributed by atoms with van der Waals surface area (Å²) >= 11 is 12.4. The first-order chi connectivity index (χ1) is 15.1. The van der Waals surface area contributed by atoms with E-state index in [1.54, 1.807) is 12.1 Å². The Balaban J connectivity index is 1.51. The van der Waals surface area contributed by atoms with Crippen LogP contribution in [0.3, 0.4) is 0 Å². The zero-order valence-electron chi connectivity index (χ0n) is 16.6. The first-order valence-corrected chi connectivity index (χ1v) is 10.6. The third-order valence-corrected chi connectivity index (χ3v) is 5.31. The molecule has 5 nitrogen and oxygen atoms in total. The van der Waals surface area contributed by atoms with E-state index in [1.165, 1.54) is 0 Å². The van der Waals surface area contributed by atoms with Crippen molar-refractivity contribution >= 4 is 45.6 Å². The number of para-hydroxylation sites is 1. The van der Waals surface area contributed by atoms with Crippen LogP contribution < -0.4 is 10.6 Å². The third kappa shape index (κ3) is 5.05. The number of nitrogens with zero attached hydrogens (tertiary/aromatic N) is 3. The molecule has 0 radical (unpaired) electrons. The minimum absolute atomic E-state index is 0.419. The van der Waals surface area contributed by atoms with Gasteiger partial charge in [0.2, 0.25) is 0 Å². The number of anilines is 2. The van der Waals surface area contributed by atoms with Crippen molar-refractivity contribution in [3.8, 4) is 17.5 Å². The van der Waals surface area contributed by atoms with Crippen LogP contribution in [0.25, 0.3) is 22.3 Å². The van der Waals surface area contributed by atoms with Crippen LogP contribution in [-0.2, 0) is 6.42 Å². The number of fused-ring (bicyclic) bond motifs is 1. The minimum Gasteiger partial charge on any atom is -0.383 e. The van der Waals surface area contributed by atoms with Crippen LogP contribution >= 0.6 is 23.2 Å². The molecule has 0 atom stereocenters. The minimum atomic E-state index is 0.419. The summed E-state index contributed by atoms with van der Waals surface area (Å²) in [4.78, 5) is 9.41. The van der Waals surface area contributed by atoms with Crippen molar-refractivity contribution in [1.82, 2.24) is 9.97 Å². The highest BCUT2D eigenvalue weighted by Gasteiger charge is 2.12. The van der Waals surface area contributed by atoms with Gasteiger partial charge >= 0.3 is 0 Å². The van der Waals surface area contributed by atoms with Crippen molar-refractivity contribution < 1.29 is 0 Å². The lowest BCUT2D eigenvalue weighted by molar-refractivity contribution is 1.06. The Labute approximate surface area is 190 Å². The number of hydrogen-bond acceptors (Lipinski definition) is 5. The van der Waals surface area contributed by atoms with Crippen LogP contribution in [0.2, 0.25) is 10.0 Å². The molecule has 0 unspecified atom stereocenters. The number of hydrogen-bond donors (Lipinski definition) is 2. The predicted octanol–water partition coefficient (Wildman–Crippen LogP) is 6.19. The van der Waals surface area contributed by atoms with Gasteiger partial charge < -0.3 is 10.6 Å². The highest BCUT2D eigenvalue weighted by molar-refractivity contribution is 6.36. The molecule has 154 valence electrons. The highest BCUT2D eigenvalue weighted by Crippen LogP contribution is 2.31. The van der Waals surface area contributed by atoms with E-state index < -0.39 is 0 Å². The number of halogens is 2. The van der Waals surface area contributed by atoms with Crippen LogP contribution in [0.15, 0.2) is 66.7 Å². The molecule has 0 saturated carbocycles. The SMILES string of the molecule is N#CCc1ccc(NCCNc2nc(-c3ccc(Cl)cc3Cl)nc3ccccc23)cc1. The van der Waals surface area contributed by atoms with Gasteiger partial charge in [-0.05, 0) is 48.0 Å². The van der Waals surface area contributed by atoms with Gasteiger partial charge in [-0.25, -0.2) is 9.97 Å². The molecule has 1 aromatic heterocycles. The third-order valence-electron chi connectivity index (χ3n) is 4.76. The largest absolute Gasteiger partial charge is 0.383 e. The van der Waals surface area contributed by atoms with Gasteiger partial charge in [-0.1, -0.05) is 47.5 Å². The van der Waals surface area contributed by atoms with Crippen LogP contribution in [0.1, 0.15) is 5.56 Å². The van der Waals surface area contributed by atoms with E-state index in [-0.39, 0.29) is 0 Å². The molecule has 0 spiro atoms. The lowest BCUT2D eigenvalue weighted by atomic mass is 10.1. The van der Waals surface area contributed by atoms with E-state index >= 15 is 0 Å². The zero-order chi connectivity index (χ0) is 21.6. The quantitative estimate of drug-likeness (QED) is 0.330. The lowest BCUT2D eigenvalue weighted by Gasteiger charge is -2.13. The summed E-state index contributed by atoms with van der Waals surface area (Å²) in [6.07, 6.45) is 0.419. The summed E-state index contributed by atoms with van der Waals surface area (Å²) < 4.78 is 0. The summed E-state index contributed by atoms with van der Waals surface area (Å²) in [5.41, 5.74) is 3.58. The van der Waals surface area contributed by atoms with Gasteiger partial charge in [0.25, 0.3) is 0 Å². The van der Waals surface area contributed by atoms with Gasteiger partial charge in [0.15, 0.2) is 5.82 Å². The first kappa shape index (κ1) is 20.9. The van der Waals surface area contributed by atoms with E-state index in [2.05, 4.69) is 21.7 Å². The molecule has 4 rings (SSSR count). The second kappa shape index (κ2) is 9.65. The zero-order valence-corrected chi connectivity index (χ0v) is 18.1.